The predicted molar refractivity (Wildman–Crippen MR) is 86.3 cm³/mol. The number of amides is 1. The molecule has 0 bridgehead atoms. The van der Waals surface area contributed by atoms with Crippen molar-refractivity contribution in [1.82, 2.24) is 15.1 Å². The molecule has 1 aromatic heterocycles. The fraction of sp³-hybridized carbons (Fsp3) is 0.667. The summed E-state index contributed by atoms with van der Waals surface area (Å²) in [4.78, 5) is 16.0. The number of carbonyl (C=O) groups excluding carboxylic acids is 1. The highest BCUT2D eigenvalue weighted by Crippen LogP contribution is 2.22. The number of hydrogen-bond acceptors (Lipinski definition) is 5. The van der Waals surface area contributed by atoms with Crippen molar-refractivity contribution in [3.8, 4) is 0 Å². The van der Waals surface area contributed by atoms with Gasteiger partial charge in [-0.2, -0.15) is 0 Å². The molecule has 1 atom stereocenters. The van der Waals surface area contributed by atoms with Crippen LogP contribution in [-0.2, 0) is 4.74 Å². The molecular formula is C15H23ClN4O2. The van der Waals surface area contributed by atoms with Crippen LogP contribution in [0.5, 0.6) is 0 Å². The van der Waals surface area contributed by atoms with E-state index in [4.69, 9.17) is 16.3 Å². The fourth-order valence-corrected chi connectivity index (χ4v) is 2.54. The minimum atomic E-state index is -0.485. The minimum Gasteiger partial charge on any atom is -0.444 e. The Hall–Kier alpha value is -1.56. The number of nitrogens with zero attached hydrogens (tertiary/aromatic N) is 4. The Balaban J connectivity index is 2.00. The topological polar surface area (TPSA) is 58.6 Å². The van der Waals surface area contributed by atoms with Gasteiger partial charge in [-0.15, -0.1) is 10.2 Å². The maximum Gasteiger partial charge on any atom is 0.410 e. The van der Waals surface area contributed by atoms with Crippen molar-refractivity contribution in [3.05, 3.63) is 17.3 Å². The molecule has 7 heteroatoms. The number of ether oxygens (including phenoxy) is 1. The number of hydrogen-bond donors (Lipinski definition) is 0. The number of rotatable bonds is 2. The summed E-state index contributed by atoms with van der Waals surface area (Å²) in [6, 6.07) is 3.68. The first-order valence-corrected chi connectivity index (χ1v) is 7.84. The lowest BCUT2D eigenvalue weighted by atomic mass is 10.0. The smallest absolute Gasteiger partial charge is 0.410 e. The van der Waals surface area contributed by atoms with E-state index in [2.05, 4.69) is 15.1 Å². The van der Waals surface area contributed by atoms with E-state index in [1.807, 2.05) is 26.8 Å². The Labute approximate surface area is 136 Å². The van der Waals surface area contributed by atoms with Crippen LogP contribution in [-0.4, -0.2) is 53.0 Å². The molecule has 1 aliphatic rings. The zero-order valence-electron chi connectivity index (χ0n) is 13.5. The van der Waals surface area contributed by atoms with E-state index in [9.17, 15) is 4.79 Å². The van der Waals surface area contributed by atoms with Crippen molar-refractivity contribution < 1.29 is 9.53 Å². The van der Waals surface area contributed by atoms with Crippen LogP contribution in [0, 0.1) is 0 Å². The number of carbonyl (C=O) groups is 1. The third-order valence-electron chi connectivity index (χ3n) is 3.57. The molecule has 0 spiro atoms. The van der Waals surface area contributed by atoms with Gasteiger partial charge in [0.05, 0.1) is 6.04 Å². The lowest BCUT2D eigenvalue weighted by Crippen LogP contribution is -2.50. The summed E-state index contributed by atoms with van der Waals surface area (Å²) in [6.45, 7) is 7.22. The number of piperidine rings is 1. The van der Waals surface area contributed by atoms with Crippen LogP contribution in [0.25, 0.3) is 0 Å². The molecule has 1 aliphatic heterocycles. The molecule has 6 nitrogen and oxygen atoms in total. The molecule has 0 saturated carbocycles. The van der Waals surface area contributed by atoms with Crippen molar-refractivity contribution in [2.75, 3.05) is 25.0 Å². The predicted octanol–water partition coefficient (Wildman–Crippen LogP) is 2.97. The molecule has 1 fully saturated rings. The number of halogens is 1. The van der Waals surface area contributed by atoms with E-state index in [-0.39, 0.29) is 12.1 Å². The standard InChI is InChI=1S/C15H23ClN4O2/c1-15(2,3)22-14(21)19(4)11-6-5-9-20(10-11)13-8-7-12(16)17-18-13/h7-8,11H,5-6,9-10H2,1-4H3/t11-/m0/s1. The van der Waals surface area contributed by atoms with Gasteiger partial charge >= 0.3 is 6.09 Å². The van der Waals surface area contributed by atoms with Crippen LogP contribution < -0.4 is 4.90 Å². The molecule has 1 aromatic rings. The van der Waals surface area contributed by atoms with Gasteiger partial charge in [0.2, 0.25) is 0 Å². The summed E-state index contributed by atoms with van der Waals surface area (Å²) in [5, 5.41) is 8.36. The normalized spacial score (nSPS) is 19.0. The second-order valence-corrected chi connectivity index (χ2v) is 6.93. The highest BCUT2D eigenvalue weighted by Gasteiger charge is 2.29. The van der Waals surface area contributed by atoms with Gasteiger partial charge in [0.25, 0.3) is 0 Å². The molecule has 0 aliphatic carbocycles. The maximum atomic E-state index is 12.2. The van der Waals surface area contributed by atoms with E-state index >= 15 is 0 Å². The zero-order valence-corrected chi connectivity index (χ0v) is 14.3. The summed E-state index contributed by atoms with van der Waals surface area (Å²) >= 11 is 5.77. The van der Waals surface area contributed by atoms with E-state index in [1.54, 1.807) is 18.0 Å². The van der Waals surface area contributed by atoms with Gasteiger partial charge in [0, 0.05) is 20.1 Å². The van der Waals surface area contributed by atoms with Crippen LogP contribution in [0.15, 0.2) is 12.1 Å². The Morgan fingerprint density at radius 1 is 1.41 bits per heavy atom. The average molecular weight is 327 g/mol. The molecule has 2 heterocycles. The Morgan fingerprint density at radius 2 is 2.14 bits per heavy atom. The second kappa shape index (κ2) is 6.69. The van der Waals surface area contributed by atoms with Gasteiger partial charge < -0.3 is 14.5 Å². The lowest BCUT2D eigenvalue weighted by molar-refractivity contribution is 0.0209. The largest absolute Gasteiger partial charge is 0.444 e. The third kappa shape index (κ3) is 4.47. The van der Waals surface area contributed by atoms with Crippen molar-refractivity contribution >= 4 is 23.5 Å². The van der Waals surface area contributed by atoms with E-state index in [0.29, 0.717) is 11.7 Å². The minimum absolute atomic E-state index is 0.0982. The maximum absolute atomic E-state index is 12.2. The molecule has 0 radical (unpaired) electrons. The van der Waals surface area contributed by atoms with E-state index in [0.717, 1.165) is 25.2 Å². The van der Waals surface area contributed by atoms with Crippen LogP contribution in [0.4, 0.5) is 10.6 Å². The molecule has 1 saturated heterocycles. The van der Waals surface area contributed by atoms with E-state index < -0.39 is 5.60 Å². The first kappa shape index (κ1) is 16.8. The van der Waals surface area contributed by atoms with Crippen molar-refractivity contribution in [1.29, 1.82) is 0 Å². The van der Waals surface area contributed by atoms with Crippen LogP contribution in [0.3, 0.4) is 0 Å². The highest BCUT2D eigenvalue weighted by molar-refractivity contribution is 6.29. The summed E-state index contributed by atoms with van der Waals surface area (Å²) in [5.41, 5.74) is -0.485. The third-order valence-corrected chi connectivity index (χ3v) is 3.77. The first-order chi connectivity index (χ1) is 10.3. The second-order valence-electron chi connectivity index (χ2n) is 6.55. The summed E-state index contributed by atoms with van der Waals surface area (Å²) < 4.78 is 5.43. The van der Waals surface area contributed by atoms with Crippen LogP contribution >= 0.6 is 11.6 Å². The first-order valence-electron chi connectivity index (χ1n) is 7.46. The molecule has 0 unspecified atom stereocenters. The Bertz CT molecular complexity index is 515. The van der Waals surface area contributed by atoms with Gasteiger partial charge in [0.1, 0.15) is 5.60 Å². The number of aromatic nitrogens is 2. The molecule has 1 amide bonds. The van der Waals surface area contributed by atoms with Gasteiger partial charge in [-0.1, -0.05) is 11.6 Å². The average Bonchev–Trinajstić information content (AvgIpc) is 2.45. The van der Waals surface area contributed by atoms with Crippen LogP contribution in [0.2, 0.25) is 5.15 Å². The van der Waals surface area contributed by atoms with Gasteiger partial charge in [-0.3, -0.25) is 0 Å². The number of likely N-dealkylation sites (N-methyl/N-ethyl adjacent to an activating group) is 1. The zero-order chi connectivity index (χ0) is 16.3. The fourth-order valence-electron chi connectivity index (χ4n) is 2.44. The van der Waals surface area contributed by atoms with E-state index in [1.165, 1.54) is 0 Å². The van der Waals surface area contributed by atoms with Crippen molar-refractivity contribution in [2.24, 2.45) is 0 Å². The molecular weight excluding hydrogens is 304 g/mol. The number of anilines is 1. The molecule has 2 rings (SSSR count). The van der Waals surface area contributed by atoms with Crippen molar-refractivity contribution in [2.45, 2.75) is 45.3 Å². The Morgan fingerprint density at radius 3 is 2.73 bits per heavy atom. The molecule has 22 heavy (non-hydrogen) atoms. The molecule has 0 aromatic carbocycles. The summed E-state index contributed by atoms with van der Waals surface area (Å²) in [7, 11) is 1.79. The summed E-state index contributed by atoms with van der Waals surface area (Å²) in [5.74, 6) is 0.784. The molecule has 122 valence electrons. The van der Waals surface area contributed by atoms with Gasteiger partial charge in [-0.05, 0) is 45.7 Å². The van der Waals surface area contributed by atoms with Crippen LogP contribution in [0.1, 0.15) is 33.6 Å². The van der Waals surface area contributed by atoms with Gasteiger partial charge in [-0.25, -0.2) is 4.79 Å². The van der Waals surface area contributed by atoms with Crippen molar-refractivity contribution in [3.63, 3.8) is 0 Å². The Kier molecular flexibility index (Phi) is 5.11. The molecule has 0 N–H and O–H groups in total. The monoisotopic (exact) mass is 326 g/mol. The highest BCUT2D eigenvalue weighted by atomic mass is 35.5. The lowest BCUT2D eigenvalue weighted by Gasteiger charge is -2.38. The summed E-state index contributed by atoms with van der Waals surface area (Å²) in [6.07, 6.45) is 1.65. The van der Waals surface area contributed by atoms with Gasteiger partial charge in [0.15, 0.2) is 11.0 Å². The quantitative estimate of drug-likeness (QED) is 0.836. The SMILES string of the molecule is CN(C(=O)OC(C)(C)C)[C@H]1CCCN(c2ccc(Cl)nn2)C1.